The predicted molar refractivity (Wildman–Crippen MR) is 131 cm³/mol. The summed E-state index contributed by atoms with van der Waals surface area (Å²) in [5.41, 5.74) is 6.56. The van der Waals surface area contributed by atoms with E-state index in [0.29, 0.717) is 35.6 Å². The molecule has 2 aliphatic rings. The molecule has 3 aromatic carbocycles. The van der Waals surface area contributed by atoms with Gasteiger partial charge in [0.2, 0.25) is 6.79 Å². The van der Waals surface area contributed by atoms with Crippen LogP contribution in [-0.2, 0) is 19.4 Å². The second kappa shape index (κ2) is 7.83. The van der Waals surface area contributed by atoms with Crippen LogP contribution in [0.3, 0.4) is 0 Å². The number of benzene rings is 3. The predicted octanol–water partition coefficient (Wildman–Crippen LogP) is 4.87. The number of hydrogen-bond acceptors (Lipinski definition) is 5. The summed E-state index contributed by atoms with van der Waals surface area (Å²) in [6.07, 6.45) is 1.42. The minimum atomic E-state index is -0.0717. The third-order valence-electron chi connectivity index (χ3n) is 6.97. The molecule has 0 fully saturated rings. The van der Waals surface area contributed by atoms with Crippen LogP contribution in [0.15, 0.2) is 53.3 Å². The monoisotopic (exact) mass is 455 g/mol. The molecule has 0 saturated carbocycles. The van der Waals surface area contributed by atoms with Gasteiger partial charge < -0.3 is 23.5 Å². The second-order valence-electron chi connectivity index (χ2n) is 8.72. The number of nitrogens with zero attached hydrogens (tertiary/aromatic N) is 1. The van der Waals surface area contributed by atoms with Crippen LogP contribution in [0.4, 0.5) is 0 Å². The highest BCUT2D eigenvalue weighted by Gasteiger charge is 2.29. The van der Waals surface area contributed by atoms with Crippen molar-refractivity contribution in [3.05, 3.63) is 81.1 Å². The molecule has 0 amide bonds. The van der Waals surface area contributed by atoms with E-state index in [1.54, 1.807) is 14.2 Å². The van der Waals surface area contributed by atoms with Gasteiger partial charge in [0.15, 0.2) is 23.0 Å². The molecule has 0 unspecified atom stereocenters. The van der Waals surface area contributed by atoms with Gasteiger partial charge in [-0.15, -0.1) is 0 Å². The van der Waals surface area contributed by atoms with E-state index in [-0.39, 0.29) is 12.4 Å². The zero-order valence-electron chi connectivity index (χ0n) is 19.4. The van der Waals surface area contributed by atoms with E-state index >= 15 is 0 Å². The van der Waals surface area contributed by atoms with Crippen molar-refractivity contribution >= 4 is 10.8 Å². The molecule has 0 bridgehead atoms. The Bertz CT molecular complexity index is 1520. The second-order valence-corrected chi connectivity index (χ2v) is 8.72. The van der Waals surface area contributed by atoms with Gasteiger partial charge in [-0.1, -0.05) is 24.3 Å². The minimum absolute atomic E-state index is 0.0717. The quantitative estimate of drug-likeness (QED) is 0.439. The van der Waals surface area contributed by atoms with Gasteiger partial charge in [-0.25, -0.2) is 0 Å². The molecular weight excluding hydrogens is 430 g/mol. The zero-order chi connectivity index (χ0) is 23.4. The molecular formula is C28H25NO5. The Labute approximate surface area is 197 Å². The molecule has 4 aromatic rings. The van der Waals surface area contributed by atoms with Gasteiger partial charge in [-0.3, -0.25) is 4.79 Å². The maximum absolute atomic E-state index is 13.9. The Morgan fingerprint density at radius 2 is 1.79 bits per heavy atom. The molecule has 0 spiro atoms. The maximum atomic E-state index is 13.9. The van der Waals surface area contributed by atoms with Gasteiger partial charge in [-0.2, -0.15) is 0 Å². The summed E-state index contributed by atoms with van der Waals surface area (Å²) in [5, 5.41) is 1.43. The van der Waals surface area contributed by atoms with Crippen LogP contribution >= 0.6 is 0 Å². The van der Waals surface area contributed by atoms with E-state index < -0.39 is 0 Å². The van der Waals surface area contributed by atoms with Crippen molar-refractivity contribution in [2.24, 2.45) is 0 Å². The molecule has 0 aliphatic carbocycles. The lowest BCUT2D eigenvalue weighted by Crippen LogP contribution is -2.28. The lowest BCUT2D eigenvalue weighted by atomic mass is 9.88. The summed E-state index contributed by atoms with van der Waals surface area (Å²) >= 11 is 0. The first-order valence-corrected chi connectivity index (χ1v) is 11.4. The number of aromatic nitrogens is 1. The lowest BCUT2D eigenvalue weighted by Gasteiger charge is -2.27. The molecule has 3 heterocycles. The molecule has 6 rings (SSSR count). The van der Waals surface area contributed by atoms with E-state index in [9.17, 15) is 4.79 Å². The minimum Gasteiger partial charge on any atom is -0.493 e. The topological polar surface area (TPSA) is 58.9 Å². The van der Waals surface area contributed by atoms with E-state index in [1.807, 2.05) is 28.8 Å². The van der Waals surface area contributed by atoms with Gasteiger partial charge in [0, 0.05) is 18.5 Å². The fraction of sp³-hybridized carbons (Fsp3) is 0.250. The first-order valence-electron chi connectivity index (χ1n) is 11.4. The zero-order valence-corrected chi connectivity index (χ0v) is 19.4. The van der Waals surface area contributed by atoms with Crippen molar-refractivity contribution in [2.75, 3.05) is 21.0 Å². The van der Waals surface area contributed by atoms with Crippen LogP contribution in [0, 0.1) is 6.92 Å². The molecule has 0 radical (unpaired) electrons. The average Bonchev–Trinajstić information content (AvgIpc) is 3.32. The van der Waals surface area contributed by atoms with Crippen LogP contribution in [0.5, 0.6) is 23.0 Å². The standard InChI is InChI=1S/C28H25NO5/c1-16-6-4-5-7-17(16)12-21-19-8-9-22(31-2)27(32-3)25(19)28(30)29-11-10-18-13-23-24(34-15-33-23)14-20(18)26(21)29/h4-9,13-14H,10-12,15H2,1-3H3. The largest absolute Gasteiger partial charge is 0.493 e. The Morgan fingerprint density at radius 3 is 2.56 bits per heavy atom. The summed E-state index contributed by atoms with van der Waals surface area (Å²) in [7, 11) is 3.17. The summed E-state index contributed by atoms with van der Waals surface area (Å²) in [6, 6.07) is 16.3. The lowest BCUT2D eigenvalue weighted by molar-refractivity contribution is 0.174. The van der Waals surface area contributed by atoms with Crippen LogP contribution < -0.4 is 24.5 Å². The molecule has 34 heavy (non-hydrogen) atoms. The first kappa shape index (κ1) is 20.7. The molecule has 0 saturated heterocycles. The van der Waals surface area contributed by atoms with Gasteiger partial charge in [0.1, 0.15) is 0 Å². The number of rotatable bonds is 4. The Hall–Kier alpha value is -3.93. The summed E-state index contributed by atoms with van der Waals surface area (Å²) in [6.45, 7) is 2.92. The van der Waals surface area contributed by atoms with Crippen molar-refractivity contribution in [3.63, 3.8) is 0 Å². The Kier molecular flexibility index (Phi) is 4.76. The van der Waals surface area contributed by atoms with Crippen LogP contribution in [-0.4, -0.2) is 25.6 Å². The summed E-state index contributed by atoms with van der Waals surface area (Å²) in [5.74, 6) is 2.51. The molecule has 6 nitrogen and oxygen atoms in total. The fourth-order valence-corrected chi connectivity index (χ4v) is 5.26. The van der Waals surface area contributed by atoms with Gasteiger partial charge >= 0.3 is 0 Å². The third kappa shape index (κ3) is 2.98. The van der Waals surface area contributed by atoms with Crippen molar-refractivity contribution in [3.8, 4) is 34.3 Å². The molecule has 6 heteroatoms. The molecule has 172 valence electrons. The van der Waals surface area contributed by atoms with Crippen molar-refractivity contribution in [1.82, 2.24) is 4.57 Å². The maximum Gasteiger partial charge on any atom is 0.262 e. The highest BCUT2D eigenvalue weighted by Crippen LogP contribution is 2.44. The smallest absolute Gasteiger partial charge is 0.262 e. The highest BCUT2D eigenvalue weighted by molar-refractivity contribution is 5.96. The van der Waals surface area contributed by atoms with E-state index in [1.165, 1.54) is 11.1 Å². The number of aryl methyl sites for hydroxylation is 2. The number of hydrogen-bond donors (Lipinski definition) is 0. The van der Waals surface area contributed by atoms with Gasteiger partial charge in [0.05, 0.1) is 25.3 Å². The highest BCUT2D eigenvalue weighted by atomic mass is 16.7. The molecule has 1 aromatic heterocycles. The van der Waals surface area contributed by atoms with Crippen LogP contribution in [0.1, 0.15) is 22.3 Å². The first-order chi connectivity index (χ1) is 16.6. The average molecular weight is 456 g/mol. The molecule has 2 aliphatic heterocycles. The van der Waals surface area contributed by atoms with Crippen LogP contribution in [0.2, 0.25) is 0 Å². The third-order valence-corrected chi connectivity index (χ3v) is 6.97. The van der Waals surface area contributed by atoms with E-state index in [4.69, 9.17) is 18.9 Å². The van der Waals surface area contributed by atoms with Gasteiger partial charge in [0.25, 0.3) is 5.56 Å². The van der Waals surface area contributed by atoms with Crippen molar-refractivity contribution < 1.29 is 18.9 Å². The summed E-state index contributed by atoms with van der Waals surface area (Å²) in [4.78, 5) is 13.9. The number of fused-ring (bicyclic) bond motifs is 5. The Balaban J connectivity index is 1.72. The number of methoxy groups -OCH3 is 2. The van der Waals surface area contributed by atoms with Crippen LogP contribution in [0.25, 0.3) is 22.0 Å². The van der Waals surface area contributed by atoms with Gasteiger partial charge in [-0.05, 0) is 65.3 Å². The summed E-state index contributed by atoms with van der Waals surface area (Å²) < 4.78 is 24.4. The number of pyridine rings is 1. The Morgan fingerprint density at radius 1 is 1.00 bits per heavy atom. The van der Waals surface area contributed by atoms with Crippen molar-refractivity contribution in [2.45, 2.75) is 26.3 Å². The number of ether oxygens (including phenoxy) is 4. The normalized spacial score (nSPS) is 13.5. The SMILES string of the molecule is COc1ccc2c(Cc3ccccc3C)c3n(c(=O)c2c1OC)CCc1cc2c(cc1-3)OCO2. The van der Waals surface area contributed by atoms with E-state index in [2.05, 4.69) is 31.2 Å². The van der Waals surface area contributed by atoms with Crippen molar-refractivity contribution in [1.29, 1.82) is 0 Å². The molecule has 0 atom stereocenters. The fourth-order valence-electron chi connectivity index (χ4n) is 5.26. The van der Waals surface area contributed by atoms with E-state index in [0.717, 1.165) is 39.9 Å². The molecule has 0 N–H and O–H groups in total.